The lowest BCUT2D eigenvalue weighted by Crippen LogP contribution is -2.66. The quantitative estimate of drug-likeness (QED) is 0.170. The summed E-state index contributed by atoms with van der Waals surface area (Å²) < 4.78 is 10.9. The number of ether oxygens (including phenoxy) is 2. The molecule has 5 atom stereocenters. The fourth-order valence-corrected chi connectivity index (χ4v) is 2.64. The van der Waals surface area contributed by atoms with Crippen LogP contribution < -0.4 is 27.8 Å². The van der Waals surface area contributed by atoms with Gasteiger partial charge >= 0.3 is 5.97 Å². The summed E-state index contributed by atoms with van der Waals surface area (Å²) in [4.78, 5) is 23.0. The molecule has 0 aliphatic carbocycles. The first-order valence-corrected chi connectivity index (χ1v) is 7.98. The molecule has 0 aromatic carbocycles. The van der Waals surface area contributed by atoms with Crippen LogP contribution in [0.1, 0.15) is 6.92 Å². The number of hydrogen-bond acceptors (Lipinski definition) is 10. The van der Waals surface area contributed by atoms with Gasteiger partial charge in [-0.05, 0) is 6.08 Å². The number of carboxylic acid groups (broad SMARTS) is 1. The lowest BCUT2D eigenvalue weighted by molar-refractivity contribution is -0.153. The zero-order valence-electron chi connectivity index (χ0n) is 14.4. The normalized spacial score (nSPS) is 25.2. The van der Waals surface area contributed by atoms with Crippen LogP contribution in [0, 0.1) is 0 Å². The third kappa shape index (κ3) is 6.17. The standard InChI is InChI=1S/C14H27N5O7/c1-6(21)18-10-7(19-14(16)17)4-9(13(23)24)26-12(10)11(8(22)5-20)25-3-2-15/h4,7-8,10-12,14,19-20,22H,2-3,5,15-17H2,1H3,(H,18,21)(H,23,24). The van der Waals surface area contributed by atoms with E-state index in [1.54, 1.807) is 0 Å². The van der Waals surface area contributed by atoms with Gasteiger partial charge < -0.3 is 47.3 Å². The number of aliphatic hydroxyl groups is 2. The highest BCUT2D eigenvalue weighted by Gasteiger charge is 2.44. The third-order valence-corrected chi connectivity index (χ3v) is 3.62. The summed E-state index contributed by atoms with van der Waals surface area (Å²) in [5.41, 5.74) is 16.5. The van der Waals surface area contributed by atoms with Gasteiger partial charge in [-0.2, -0.15) is 0 Å². The minimum atomic E-state index is -1.41. The molecule has 5 unspecified atom stereocenters. The lowest BCUT2D eigenvalue weighted by Gasteiger charge is -2.42. The molecule has 1 aliphatic rings. The van der Waals surface area contributed by atoms with Crippen LogP contribution in [0.4, 0.5) is 0 Å². The van der Waals surface area contributed by atoms with Crippen LogP contribution in [-0.4, -0.2) is 83.6 Å². The minimum Gasteiger partial charge on any atom is -0.478 e. The van der Waals surface area contributed by atoms with Gasteiger partial charge in [0.25, 0.3) is 0 Å². The van der Waals surface area contributed by atoms with Crippen molar-refractivity contribution in [3.8, 4) is 0 Å². The Hall–Kier alpha value is -1.80. The Morgan fingerprint density at radius 1 is 1.42 bits per heavy atom. The molecule has 12 nitrogen and oxygen atoms in total. The average molecular weight is 377 g/mol. The smallest absolute Gasteiger partial charge is 0.370 e. The fraction of sp³-hybridized carbons (Fsp3) is 0.714. The third-order valence-electron chi connectivity index (χ3n) is 3.62. The van der Waals surface area contributed by atoms with E-state index in [-0.39, 0.29) is 13.2 Å². The second kappa shape index (κ2) is 10.4. The summed E-state index contributed by atoms with van der Waals surface area (Å²) in [5, 5.41) is 34.0. The summed E-state index contributed by atoms with van der Waals surface area (Å²) >= 11 is 0. The van der Waals surface area contributed by atoms with Crippen molar-refractivity contribution in [3.63, 3.8) is 0 Å². The van der Waals surface area contributed by atoms with Gasteiger partial charge in [0.1, 0.15) is 24.6 Å². The maximum absolute atomic E-state index is 11.6. The second-order valence-electron chi connectivity index (χ2n) is 5.74. The molecule has 0 saturated heterocycles. The van der Waals surface area contributed by atoms with E-state index in [0.29, 0.717) is 0 Å². The van der Waals surface area contributed by atoms with E-state index >= 15 is 0 Å². The first kappa shape index (κ1) is 22.2. The molecule has 1 heterocycles. The molecule has 0 radical (unpaired) electrons. The van der Waals surface area contributed by atoms with Gasteiger partial charge in [0.15, 0.2) is 0 Å². The van der Waals surface area contributed by atoms with E-state index < -0.39 is 60.9 Å². The zero-order valence-corrected chi connectivity index (χ0v) is 14.4. The number of nitrogens with one attached hydrogen (secondary N) is 2. The summed E-state index contributed by atoms with van der Waals surface area (Å²) in [6.07, 6.45) is -3.57. The van der Waals surface area contributed by atoms with E-state index in [2.05, 4.69) is 10.6 Å². The number of aliphatic hydroxyl groups excluding tert-OH is 2. The van der Waals surface area contributed by atoms with Crippen LogP contribution in [0.2, 0.25) is 0 Å². The number of aliphatic carboxylic acids is 1. The summed E-state index contributed by atoms with van der Waals surface area (Å²) in [6.45, 7) is 0.700. The fourth-order valence-electron chi connectivity index (χ4n) is 2.64. The van der Waals surface area contributed by atoms with Crippen LogP contribution in [0.15, 0.2) is 11.8 Å². The molecule has 0 bridgehead atoms. The largest absolute Gasteiger partial charge is 0.478 e. The van der Waals surface area contributed by atoms with E-state index in [4.69, 9.17) is 26.7 Å². The highest BCUT2D eigenvalue weighted by molar-refractivity contribution is 5.84. The van der Waals surface area contributed by atoms with Crippen molar-refractivity contribution in [2.45, 2.75) is 43.6 Å². The first-order valence-electron chi connectivity index (χ1n) is 7.98. The molecule has 0 fully saturated rings. The van der Waals surface area contributed by atoms with Crippen molar-refractivity contribution in [1.29, 1.82) is 0 Å². The van der Waals surface area contributed by atoms with Gasteiger partial charge in [0.2, 0.25) is 11.7 Å². The molecule has 0 aromatic heterocycles. The topological polar surface area (TPSA) is 215 Å². The Kier molecular flexibility index (Phi) is 8.87. The van der Waals surface area contributed by atoms with E-state index in [0.717, 1.165) is 0 Å². The number of carbonyl (C=O) groups is 2. The first-order chi connectivity index (χ1) is 12.2. The average Bonchev–Trinajstić information content (AvgIpc) is 2.55. The SMILES string of the molecule is CC(=O)NC1C(NC(N)N)C=C(C(=O)O)OC1C(OCCN)C(O)CO. The maximum Gasteiger partial charge on any atom is 0.370 e. The van der Waals surface area contributed by atoms with Crippen molar-refractivity contribution < 1.29 is 34.4 Å². The van der Waals surface area contributed by atoms with Gasteiger partial charge in [0, 0.05) is 13.5 Å². The van der Waals surface area contributed by atoms with Gasteiger partial charge in [-0.1, -0.05) is 0 Å². The number of nitrogens with two attached hydrogens (primary N) is 3. The van der Waals surface area contributed by atoms with Crippen molar-refractivity contribution in [1.82, 2.24) is 10.6 Å². The molecular weight excluding hydrogens is 350 g/mol. The van der Waals surface area contributed by atoms with E-state index in [1.807, 2.05) is 0 Å². The molecular formula is C14H27N5O7. The van der Waals surface area contributed by atoms with Crippen LogP contribution >= 0.6 is 0 Å². The van der Waals surface area contributed by atoms with Crippen LogP contribution in [0.25, 0.3) is 0 Å². The Labute approximate surface area is 150 Å². The molecule has 0 aromatic rings. The number of carboxylic acids is 1. The monoisotopic (exact) mass is 377 g/mol. The van der Waals surface area contributed by atoms with Crippen molar-refractivity contribution in [2.75, 3.05) is 19.8 Å². The van der Waals surface area contributed by atoms with Gasteiger partial charge in [-0.3, -0.25) is 10.1 Å². The molecule has 150 valence electrons. The zero-order chi connectivity index (χ0) is 19.9. The Balaban J connectivity index is 3.28. The Bertz CT molecular complexity index is 516. The molecule has 1 aliphatic heterocycles. The number of carbonyl (C=O) groups excluding carboxylic acids is 1. The highest BCUT2D eigenvalue weighted by Crippen LogP contribution is 2.25. The summed E-state index contributed by atoms with van der Waals surface area (Å²) in [6, 6.07) is -1.73. The molecule has 11 N–H and O–H groups in total. The van der Waals surface area contributed by atoms with E-state index in [1.165, 1.54) is 13.0 Å². The molecule has 12 heteroatoms. The van der Waals surface area contributed by atoms with Crippen molar-refractivity contribution in [2.24, 2.45) is 17.2 Å². The van der Waals surface area contributed by atoms with Crippen molar-refractivity contribution >= 4 is 11.9 Å². The Morgan fingerprint density at radius 2 is 2.08 bits per heavy atom. The van der Waals surface area contributed by atoms with Gasteiger partial charge in [-0.25, -0.2) is 4.79 Å². The van der Waals surface area contributed by atoms with Crippen LogP contribution in [-0.2, 0) is 19.1 Å². The predicted molar refractivity (Wildman–Crippen MR) is 89.2 cm³/mol. The molecule has 26 heavy (non-hydrogen) atoms. The number of amides is 1. The molecule has 0 spiro atoms. The van der Waals surface area contributed by atoms with Gasteiger partial charge in [0.05, 0.1) is 25.3 Å². The second-order valence-corrected chi connectivity index (χ2v) is 5.74. The lowest BCUT2D eigenvalue weighted by atomic mass is 9.91. The van der Waals surface area contributed by atoms with Crippen LogP contribution in [0.5, 0.6) is 0 Å². The Morgan fingerprint density at radius 3 is 2.54 bits per heavy atom. The summed E-state index contributed by atoms with van der Waals surface area (Å²) in [5.74, 6) is -2.25. The summed E-state index contributed by atoms with van der Waals surface area (Å²) in [7, 11) is 0. The molecule has 1 rings (SSSR count). The maximum atomic E-state index is 11.6. The van der Waals surface area contributed by atoms with Gasteiger partial charge in [-0.15, -0.1) is 0 Å². The molecule has 0 saturated carbocycles. The van der Waals surface area contributed by atoms with Crippen LogP contribution in [0.3, 0.4) is 0 Å². The molecule has 1 amide bonds. The van der Waals surface area contributed by atoms with E-state index in [9.17, 15) is 24.9 Å². The van der Waals surface area contributed by atoms with Crippen molar-refractivity contribution in [3.05, 3.63) is 11.8 Å². The highest BCUT2D eigenvalue weighted by atomic mass is 16.6. The number of rotatable bonds is 10. The predicted octanol–water partition coefficient (Wildman–Crippen LogP) is -4.29. The number of hydrogen-bond donors (Lipinski definition) is 8. The minimum absolute atomic E-state index is 0.00892.